The van der Waals surface area contributed by atoms with Gasteiger partial charge in [-0.2, -0.15) is 0 Å². The van der Waals surface area contributed by atoms with E-state index in [0.717, 1.165) is 33.8 Å². The van der Waals surface area contributed by atoms with E-state index in [1.54, 1.807) is 12.1 Å². The molecular formula is C17H16Br2FN. The number of hydrogen-bond donors (Lipinski definition) is 1. The Morgan fingerprint density at radius 1 is 1.10 bits per heavy atom. The highest BCUT2D eigenvalue weighted by Gasteiger charge is 2.18. The van der Waals surface area contributed by atoms with Crippen molar-refractivity contribution in [2.45, 2.75) is 31.8 Å². The molecule has 1 N–H and O–H groups in total. The summed E-state index contributed by atoms with van der Waals surface area (Å²) in [6.07, 6.45) is 3.25. The van der Waals surface area contributed by atoms with Gasteiger partial charge in [0.25, 0.3) is 0 Å². The molecule has 0 aromatic heterocycles. The van der Waals surface area contributed by atoms with Crippen molar-refractivity contribution < 1.29 is 4.39 Å². The van der Waals surface area contributed by atoms with Crippen molar-refractivity contribution in [3.05, 3.63) is 67.9 Å². The van der Waals surface area contributed by atoms with Gasteiger partial charge in [0, 0.05) is 21.5 Å². The Bertz CT molecular complexity index is 657. The minimum atomic E-state index is -0.186. The molecule has 1 unspecified atom stereocenters. The SMILES string of the molecule is Fc1ccc(Br)c(CNC2CCc3cc(Br)ccc3C2)c1. The summed E-state index contributed by atoms with van der Waals surface area (Å²) in [4.78, 5) is 0. The van der Waals surface area contributed by atoms with Crippen molar-refractivity contribution in [1.82, 2.24) is 5.32 Å². The van der Waals surface area contributed by atoms with Crippen molar-refractivity contribution in [3.8, 4) is 0 Å². The van der Waals surface area contributed by atoms with Crippen LogP contribution >= 0.6 is 31.9 Å². The van der Waals surface area contributed by atoms with Gasteiger partial charge in [-0.15, -0.1) is 0 Å². The van der Waals surface area contributed by atoms with Crippen LogP contribution in [0.4, 0.5) is 4.39 Å². The second kappa shape index (κ2) is 6.59. The van der Waals surface area contributed by atoms with E-state index in [9.17, 15) is 4.39 Å². The van der Waals surface area contributed by atoms with Gasteiger partial charge < -0.3 is 5.32 Å². The zero-order chi connectivity index (χ0) is 14.8. The molecule has 0 amide bonds. The summed E-state index contributed by atoms with van der Waals surface area (Å²) in [5, 5.41) is 3.55. The maximum absolute atomic E-state index is 13.3. The summed E-state index contributed by atoms with van der Waals surface area (Å²) < 4.78 is 15.4. The van der Waals surface area contributed by atoms with Gasteiger partial charge in [0.1, 0.15) is 5.82 Å². The van der Waals surface area contributed by atoms with Crippen LogP contribution in [0.1, 0.15) is 23.1 Å². The molecule has 1 aliphatic carbocycles. The van der Waals surface area contributed by atoms with Crippen LogP contribution in [0.2, 0.25) is 0 Å². The van der Waals surface area contributed by atoms with Crippen molar-refractivity contribution in [3.63, 3.8) is 0 Å². The Hall–Kier alpha value is -0.710. The first-order valence-electron chi connectivity index (χ1n) is 7.06. The summed E-state index contributed by atoms with van der Waals surface area (Å²) in [6.45, 7) is 0.689. The average Bonchev–Trinajstić information content (AvgIpc) is 2.48. The number of halogens is 3. The van der Waals surface area contributed by atoms with Gasteiger partial charge in [-0.25, -0.2) is 4.39 Å². The molecule has 0 fully saturated rings. The Morgan fingerprint density at radius 2 is 1.95 bits per heavy atom. The number of rotatable bonds is 3. The van der Waals surface area contributed by atoms with E-state index >= 15 is 0 Å². The third-order valence-electron chi connectivity index (χ3n) is 3.99. The van der Waals surface area contributed by atoms with E-state index in [-0.39, 0.29) is 5.82 Å². The van der Waals surface area contributed by atoms with Crippen LogP contribution in [0.15, 0.2) is 45.3 Å². The predicted molar refractivity (Wildman–Crippen MR) is 90.9 cm³/mol. The zero-order valence-corrected chi connectivity index (χ0v) is 14.7. The minimum Gasteiger partial charge on any atom is -0.310 e. The molecule has 0 bridgehead atoms. The third-order valence-corrected chi connectivity index (χ3v) is 5.25. The molecule has 110 valence electrons. The Morgan fingerprint density at radius 3 is 2.81 bits per heavy atom. The van der Waals surface area contributed by atoms with Crippen molar-refractivity contribution in [2.24, 2.45) is 0 Å². The summed E-state index contributed by atoms with van der Waals surface area (Å²) in [7, 11) is 0. The topological polar surface area (TPSA) is 12.0 Å². The highest BCUT2D eigenvalue weighted by molar-refractivity contribution is 9.10. The molecule has 1 atom stereocenters. The van der Waals surface area contributed by atoms with Crippen molar-refractivity contribution in [1.29, 1.82) is 0 Å². The van der Waals surface area contributed by atoms with Gasteiger partial charge in [0.05, 0.1) is 0 Å². The maximum Gasteiger partial charge on any atom is 0.123 e. The lowest BCUT2D eigenvalue weighted by Crippen LogP contribution is -2.34. The second-order valence-corrected chi connectivity index (χ2v) is 7.24. The van der Waals surface area contributed by atoms with Crippen LogP contribution in [-0.2, 0) is 19.4 Å². The number of nitrogens with one attached hydrogen (secondary N) is 1. The Balaban J connectivity index is 1.65. The van der Waals surface area contributed by atoms with Gasteiger partial charge in [-0.05, 0) is 66.3 Å². The first-order valence-corrected chi connectivity index (χ1v) is 8.65. The Labute approximate surface area is 141 Å². The fraction of sp³-hybridized carbons (Fsp3) is 0.294. The molecule has 0 saturated carbocycles. The zero-order valence-electron chi connectivity index (χ0n) is 11.5. The van der Waals surface area contributed by atoms with Gasteiger partial charge >= 0.3 is 0 Å². The van der Waals surface area contributed by atoms with Crippen LogP contribution in [-0.4, -0.2) is 6.04 Å². The van der Waals surface area contributed by atoms with Crippen LogP contribution < -0.4 is 5.32 Å². The van der Waals surface area contributed by atoms with Crippen LogP contribution in [0.25, 0.3) is 0 Å². The Kier molecular flexibility index (Phi) is 4.77. The molecular weight excluding hydrogens is 397 g/mol. The minimum absolute atomic E-state index is 0.186. The lowest BCUT2D eigenvalue weighted by atomic mass is 9.88. The van der Waals surface area contributed by atoms with E-state index in [1.165, 1.54) is 17.2 Å². The van der Waals surface area contributed by atoms with E-state index < -0.39 is 0 Å². The molecule has 2 aromatic rings. The molecule has 0 spiro atoms. The molecule has 1 aliphatic rings. The largest absolute Gasteiger partial charge is 0.310 e. The second-order valence-electron chi connectivity index (χ2n) is 5.47. The van der Waals surface area contributed by atoms with Gasteiger partial charge in [0.2, 0.25) is 0 Å². The van der Waals surface area contributed by atoms with Gasteiger partial charge in [-0.1, -0.05) is 37.9 Å². The summed E-state index contributed by atoms with van der Waals surface area (Å²) in [6, 6.07) is 11.8. The molecule has 21 heavy (non-hydrogen) atoms. The van der Waals surface area contributed by atoms with Gasteiger partial charge in [0.15, 0.2) is 0 Å². The number of hydrogen-bond acceptors (Lipinski definition) is 1. The summed E-state index contributed by atoms with van der Waals surface area (Å²) in [5.74, 6) is -0.186. The number of fused-ring (bicyclic) bond motifs is 1. The lowest BCUT2D eigenvalue weighted by molar-refractivity contribution is 0.456. The highest BCUT2D eigenvalue weighted by Crippen LogP contribution is 2.25. The normalized spacial score (nSPS) is 17.6. The summed E-state index contributed by atoms with van der Waals surface area (Å²) >= 11 is 7.00. The number of aryl methyl sites for hydroxylation is 1. The fourth-order valence-electron chi connectivity index (χ4n) is 2.83. The van der Waals surface area contributed by atoms with Crippen molar-refractivity contribution in [2.75, 3.05) is 0 Å². The molecule has 4 heteroatoms. The maximum atomic E-state index is 13.3. The molecule has 2 aromatic carbocycles. The molecule has 1 nitrogen and oxygen atoms in total. The van der Waals surface area contributed by atoms with E-state index in [1.807, 2.05) is 0 Å². The smallest absolute Gasteiger partial charge is 0.123 e. The molecule has 0 heterocycles. The first kappa shape index (κ1) is 15.2. The number of benzene rings is 2. The van der Waals surface area contributed by atoms with Gasteiger partial charge in [-0.3, -0.25) is 0 Å². The highest BCUT2D eigenvalue weighted by atomic mass is 79.9. The molecule has 3 rings (SSSR count). The average molecular weight is 413 g/mol. The standard InChI is InChI=1S/C17H16Br2FN/c18-14-3-1-12-9-16(5-2-11(12)7-14)21-10-13-8-15(20)4-6-17(13)19/h1,3-4,6-8,16,21H,2,5,9-10H2. The van der Waals surface area contributed by atoms with E-state index in [4.69, 9.17) is 0 Å². The molecule has 0 aliphatic heterocycles. The predicted octanol–water partition coefficient (Wildman–Crippen LogP) is 5.00. The van der Waals surface area contributed by atoms with E-state index in [2.05, 4.69) is 55.4 Å². The monoisotopic (exact) mass is 411 g/mol. The van der Waals surface area contributed by atoms with Crippen LogP contribution in [0, 0.1) is 5.82 Å². The van der Waals surface area contributed by atoms with E-state index in [0.29, 0.717) is 12.6 Å². The van der Waals surface area contributed by atoms with Crippen LogP contribution in [0.3, 0.4) is 0 Å². The fourth-order valence-corrected chi connectivity index (χ4v) is 3.63. The summed E-state index contributed by atoms with van der Waals surface area (Å²) in [5.41, 5.74) is 3.83. The third kappa shape index (κ3) is 3.74. The lowest BCUT2D eigenvalue weighted by Gasteiger charge is -2.26. The van der Waals surface area contributed by atoms with Crippen molar-refractivity contribution >= 4 is 31.9 Å². The first-order chi connectivity index (χ1) is 10.1. The molecule has 0 radical (unpaired) electrons. The quantitative estimate of drug-likeness (QED) is 0.748. The van der Waals surface area contributed by atoms with Crippen LogP contribution in [0.5, 0.6) is 0 Å². The molecule has 0 saturated heterocycles.